The summed E-state index contributed by atoms with van der Waals surface area (Å²) in [5, 5.41) is 9.84. The molecular weight excluding hydrogens is 494 g/mol. The number of carbonyl (C=O) groups is 1. The number of aromatic nitrogens is 1. The summed E-state index contributed by atoms with van der Waals surface area (Å²) in [4.78, 5) is 25.3. The Balaban J connectivity index is 0.00000432. The van der Waals surface area contributed by atoms with Crippen LogP contribution < -0.4 is 16.2 Å². The number of fused-ring (bicyclic) bond motifs is 1. The zero-order valence-corrected chi connectivity index (χ0v) is 21.4. The molecule has 13 heteroatoms. The first-order valence-electron chi connectivity index (χ1n) is 11.3. The zero-order chi connectivity index (χ0) is 24.7. The number of β-amino-alcohol motifs (C(OH)–C–C–N with tert-alkyl or cyclic N) is 1. The smallest absolute Gasteiger partial charge is 0.243 e. The van der Waals surface area contributed by atoms with Crippen LogP contribution >= 0.6 is 12.4 Å². The number of aliphatic hydroxyl groups excluding tert-OH is 1. The number of rotatable bonds is 10. The van der Waals surface area contributed by atoms with Crippen LogP contribution in [0.2, 0.25) is 0 Å². The number of nitrogens with one attached hydrogen (secondary N) is 1. The lowest BCUT2D eigenvalue weighted by atomic mass is 10.1. The number of guanidine groups is 1. The van der Waals surface area contributed by atoms with Gasteiger partial charge in [-0.25, -0.2) is 8.42 Å². The fourth-order valence-corrected chi connectivity index (χ4v) is 5.40. The second-order valence-corrected chi connectivity index (χ2v) is 10.0. The van der Waals surface area contributed by atoms with Gasteiger partial charge in [0.2, 0.25) is 15.9 Å². The molecule has 1 saturated heterocycles. The average molecular weight is 528 g/mol. The standard InChI is InChI=1S/C22H33N7O4S.ClH/c1-16-14-17-4-2-6-19(20(17)26-15-16)34(32,33)27-18(5-3-7-25-22(23)24)21(31)29-10-8-28(9-11-29)12-13-30;/h2,4,6,14-15,18,27,30H,3,5,7-13H2,1H3,(H4,23,24,25);1H/t18-;/m0./s1. The van der Waals surface area contributed by atoms with Gasteiger partial charge in [0.05, 0.1) is 12.1 Å². The molecule has 0 aliphatic carbocycles. The number of aliphatic imine (C=N–C) groups is 1. The summed E-state index contributed by atoms with van der Waals surface area (Å²) < 4.78 is 29.4. The van der Waals surface area contributed by atoms with Gasteiger partial charge in [-0.05, 0) is 37.5 Å². The third kappa shape index (κ3) is 7.74. The van der Waals surface area contributed by atoms with Crippen LogP contribution in [0, 0.1) is 6.92 Å². The molecule has 0 unspecified atom stereocenters. The third-order valence-electron chi connectivity index (χ3n) is 5.74. The Morgan fingerprint density at radius 2 is 1.97 bits per heavy atom. The van der Waals surface area contributed by atoms with Crippen LogP contribution in [0.4, 0.5) is 0 Å². The van der Waals surface area contributed by atoms with Gasteiger partial charge in [-0.3, -0.25) is 19.7 Å². The van der Waals surface area contributed by atoms with Gasteiger partial charge in [0.1, 0.15) is 10.9 Å². The topological polar surface area (TPSA) is 167 Å². The van der Waals surface area contributed by atoms with Crippen LogP contribution in [0.25, 0.3) is 10.9 Å². The molecule has 2 aromatic rings. The monoisotopic (exact) mass is 527 g/mol. The van der Waals surface area contributed by atoms with Crippen molar-refractivity contribution < 1.29 is 18.3 Å². The Morgan fingerprint density at radius 3 is 2.63 bits per heavy atom. The molecule has 1 aliphatic rings. The van der Waals surface area contributed by atoms with E-state index in [1.54, 1.807) is 23.2 Å². The van der Waals surface area contributed by atoms with Crippen molar-refractivity contribution in [3.63, 3.8) is 0 Å². The van der Waals surface area contributed by atoms with Gasteiger partial charge in [-0.1, -0.05) is 12.1 Å². The maximum absolute atomic E-state index is 13.4. The van der Waals surface area contributed by atoms with Crippen molar-refractivity contribution in [2.45, 2.75) is 30.7 Å². The van der Waals surface area contributed by atoms with Crippen LogP contribution in [0.15, 0.2) is 40.4 Å². The maximum atomic E-state index is 13.4. The summed E-state index contributed by atoms with van der Waals surface area (Å²) in [5.41, 5.74) is 12.0. The lowest BCUT2D eigenvalue weighted by molar-refractivity contribution is -0.135. The number of nitrogens with two attached hydrogens (primary N) is 2. The predicted octanol–water partition coefficient (Wildman–Crippen LogP) is -0.198. The van der Waals surface area contributed by atoms with Crippen molar-refractivity contribution in [2.24, 2.45) is 16.5 Å². The van der Waals surface area contributed by atoms with Crippen LogP contribution in [0.1, 0.15) is 18.4 Å². The van der Waals surface area contributed by atoms with E-state index in [0.717, 1.165) is 5.56 Å². The zero-order valence-electron chi connectivity index (χ0n) is 19.8. The summed E-state index contributed by atoms with van der Waals surface area (Å²) in [6.07, 6.45) is 2.28. The molecule has 0 spiro atoms. The second kappa shape index (κ2) is 13.0. The molecular formula is C22H34ClN7O4S. The molecule has 0 radical (unpaired) electrons. The average Bonchev–Trinajstić information content (AvgIpc) is 2.80. The highest BCUT2D eigenvalue weighted by Gasteiger charge is 2.31. The van der Waals surface area contributed by atoms with Crippen molar-refractivity contribution >= 4 is 45.2 Å². The van der Waals surface area contributed by atoms with Gasteiger partial charge in [-0.15, -0.1) is 12.4 Å². The van der Waals surface area contributed by atoms with E-state index in [1.807, 2.05) is 13.0 Å². The Labute approximate surface area is 212 Å². The van der Waals surface area contributed by atoms with E-state index in [1.165, 1.54) is 6.07 Å². The van der Waals surface area contributed by atoms with E-state index in [-0.39, 0.29) is 48.7 Å². The summed E-state index contributed by atoms with van der Waals surface area (Å²) >= 11 is 0. The number of hydrogen-bond donors (Lipinski definition) is 4. The molecule has 11 nitrogen and oxygen atoms in total. The quantitative estimate of drug-likeness (QED) is 0.187. The SMILES string of the molecule is Cc1cnc2c(S(=O)(=O)N[C@@H](CCCN=C(N)N)C(=O)N3CCN(CCO)CC3)cccc2c1.Cl. The Kier molecular flexibility index (Phi) is 10.7. The molecule has 1 fully saturated rings. The number of nitrogens with zero attached hydrogens (tertiary/aromatic N) is 4. The van der Waals surface area contributed by atoms with E-state index < -0.39 is 16.1 Å². The highest BCUT2D eigenvalue weighted by molar-refractivity contribution is 7.89. The van der Waals surface area contributed by atoms with Crippen molar-refractivity contribution in [1.29, 1.82) is 0 Å². The van der Waals surface area contributed by atoms with Crippen LogP contribution in [0.3, 0.4) is 0 Å². The number of pyridine rings is 1. The molecule has 2 heterocycles. The van der Waals surface area contributed by atoms with E-state index in [4.69, 9.17) is 16.6 Å². The van der Waals surface area contributed by atoms with Gasteiger partial charge in [0.15, 0.2) is 5.96 Å². The highest BCUT2D eigenvalue weighted by atomic mass is 35.5. The molecule has 3 rings (SSSR count). The van der Waals surface area contributed by atoms with Gasteiger partial charge < -0.3 is 21.5 Å². The number of aryl methyl sites for hydroxylation is 1. The molecule has 6 N–H and O–H groups in total. The van der Waals surface area contributed by atoms with Crippen molar-refractivity contribution in [3.8, 4) is 0 Å². The van der Waals surface area contributed by atoms with Crippen LogP contribution in [0.5, 0.6) is 0 Å². The van der Waals surface area contributed by atoms with Crippen molar-refractivity contribution in [2.75, 3.05) is 45.9 Å². The number of piperazine rings is 1. The van der Waals surface area contributed by atoms with Crippen molar-refractivity contribution in [1.82, 2.24) is 19.5 Å². The van der Waals surface area contributed by atoms with E-state index in [0.29, 0.717) is 50.0 Å². The van der Waals surface area contributed by atoms with Gasteiger partial charge in [0, 0.05) is 50.9 Å². The first kappa shape index (κ1) is 28.7. The maximum Gasteiger partial charge on any atom is 0.243 e. The molecule has 0 saturated carbocycles. The highest BCUT2D eigenvalue weighted by Crippen LogP contribution is 2.22. The minimum atomic E-state index is -4.04. The Morgan fingerprint density at radius 1 is 1.26 bits per heavy atom. The lowest BCUT2D eigenvalue weighted by Crippen LogP contribution is -2.55. The first-order valence-corrected chi connectivity index (χ1v) is 12.7. The summed E-state index contributed by atoms with van der Waals surface area (Å²) in [5.74, 6) is -0.346. The molecule has 1 aliphatic heterocycles. The number of hydrogen-bond acceptors (Lipinski definition) is 7. The number of amides is 1. The molecule has 1 aromatic carbocycles. The molecule has 35 heavy (non-hydrogen) atoms. The van der Waals surface area contributed by atoms with Gasteiger partial charge >= 0.3 is 0 Å². The minimum Gasteiger partial charge on any atom is -0.395 e. The molecule has 1 atom stereocenters. The lowest BCUT2D eigenvalue weighted by Gasteiger charge is -2.36. The predicted molar refractivity (Wildman–Crippen MR) is 138 cm³/mol. The fourth-order valence-electron chi connectivity index (χ4n) is 4.00. The number of para-hydroxylation sites is 1. The fraction of sp³-hybridized carbons (Fsp3) is 0.500. The summed E-state index contributed by atoms with van der Waals surface area (Å²) in [6.45, 7) is 4.92. The number of sulfonamides is 1. The van der Waals surface area contributed by atoms with Crippen LogP contribution in [-0.2, 0) is 14.8 Å². The normalized spacial score (nSPS) is 15.4. The number of carbonyl (C=O) groups excluding carboxylic acids is 1. The minimum absolute atomic E-state index is 0. The van der Waals surface area contributed by atoms with Crippen LogP contribution in [-0.4, -0.2) is 92.1 Å². The number of aliphatic hydroxyl groups is 1. The molecule has 1 amide bonds. The Hall–Kier alpha value is -2.51. The molecule has 0 bridgehead atoms. The summed E-state index contributed by atoms with van der Waals surface area (Å²) in [7, 11) is -4.04. The first-order chi connectivity index (χ1) is 16.2. The second-order valence-electron chi connectivity index (χ2n) is 8.35. The number of benzene rings is 1. The van der Waals surface area contributed by atoms with Gasteiger partial charge in [0.25, 0.3) is 0 Å². The summed E-state index contributed by atoms with van der Waals surface area (Å²) in [6, 6.07) is 5.85. The Bertz CT molecular complexity index is 1130. The number of halogens is 1. The van der Waals surface area contributed by atoms with E-state index in [9.17, 15) is 13.2 Å². The molecule has 194 valence electrons. The van der Waals surface area contributed by atoms with E-state index in [2.05, 4.69) is 19.6 Å². The van der Waals surface area contributed by atoms with E-state index >= 15 is 0 Å². The van der Waals surface area contributed by atoms with Crippen molar-refractivity contribution in [3.05, 3.63) is 36.0 Å². The largest absolute Gasteiger partial charge is 0.395 e. The third-order valence-corrected chi connectivity index (χ3v) is 7.24. The van der Waals surface area contributed by atoms with Gasteiger partial charge in [-0.2, -0.15) is 4.72 Å². The molecule has 1 aromatic heterocycles.